The Balaban J connectivity index is 1.51. The Labute approximate surface area is 159 Å². The molecule has 2 aromatic heterocycles. The largest absolute Gasteiger partial charge is 0.349 e. The molecule has 7 nitrogen and oxygen atoms in total. The molecule has 0 aliphatic carbocycles. The van der Waals surface area contributed by atoms with Crippen molar-refractivity contribution in [3.63, 3.8) is 0 Å². The lowest BCUT2D eigenvalue weighted by Gasteiger charge is -2.37. The van der Waals surface area contributed by atoms with Crippen molar-refractivity contribution in [2.24, 2.45) is 7.05 Å². The van der Waals surface area contributed by atoms with E-state index in [1.807, 2.05) is 24.3 Å². The van der Waals surface area contributed by atoms with Gasteiger partial charge in [0.15, 0.2) is 5.03 Å². The first kappa shape index (κ1) is 18.0. The predicted octanol–water partition coefficient (Wildman–Crippen LogP) is 1.58. The average Bonchev–Trinajstić information content (AvgIpc) is 3.29. The molecule has 0 spiro atoms. The Morgan fingerprint density at radius 2 is 2.00 bits per heavy atom. The molecule has 1 aliphatic rings. The third-order valence-electron chi connectivity index (χ3n) is 4.91. The first-order valence-electron chi connectivity index (χ1n) is 8.91. The topological polar surface area (TPSA) is 72.2 Å². The first-order chi connectivity index (χ1) is 13.0. The number of sulfonamides is 1. The summed E-state index contributed by atoms with van der Waals surface area (Å²) in [6.45, 7) is 2.66. The van der Waals surface area contributed by atoms with Gasteiger partial charge in [0, 0.05) is 57.4 Å². The molecule has 0 radical (unpaired) electrons. The van der Waals surface area contributed by atoms with Crippen LogP contribution in [0.15, 0.2) is 66.2 Å². The van der Waals surface area contributed by atoms with E-state index in [9.17, 15) is 8.42 Å². The molecule has 142 valence electrons. The zero-order chi connectivity index (χ0) is 18.9. The van der Waals surface area contributed by atoms with Crippen LogP contribution in [0.4, 0.5) is 0 Å². The van der Waals surface area contributed by atoms with Crippen molar-refractivity contribution in [1.29, 1.82) is 0 Å². The van der Waals surface area contributed by atoms with Gasteiger partial charge < -0.3 is 9.13 Å². The highest BCUT2D eigenvalue weighted by Gasteiger charge is 2.28. The zero-order valence-electron chi connectivity index (χ0n) is 15.2. The van der Waals surface area contributed by atoms with E-state index in [-0.39, 0.29) is 11.1 Å². The molecule has 1 N–H and O–H groups in total. The molecule has 1 atom stereocenters. The SMILES string of the molecule is Cn1cnc(S(=O)(=O)NCC2Cn3cccc3CN2Cc2ccccc2)c1. The number of fused-ring (bicyclic) bond motifs is 1. The number of aryl methyl sites for hydroxylation is 1. The van der Waals surface area contributed by atoms with Gasteiger partial charge in [-0.3, -0.25) is 4.90 Å². The molecule has 1 unspecified atom stereocenters. The summed E-state index contributed by atoms with van der Waals surface area (Å²) < 4.78 is 31.6. The summed E-state index contributed by atoms with van der Waals surface area (Å²) in [4.78, 5) is 6.28. The predicted molar refractivity (Wildman–Crippen MR) is 102 cm³/mol. The summed E-state index contributed by atoms with van der Waals surface area (Å²) in [5.41, 5.74) is 2.46. The molecular weight excluding hydrogens is 362 g/mol. The summed E-state index contributed by atoms with van der Waals surface area (Å²) in [5.74, 6) is 0. The van der Waals surface area contributed by atoms with Crippen molar-refractivity contribution in [1.82, 2.24) is 23.7 Å². The lowest BCUT2D eigenvalue weighted by atomic mass is 10.1. The average molecular weight is 385 g/mol. The van der Waals surface area contributed by atoms with E-state index in [0.29, 0.717) is 6.54 Å². The Bertz CT molecular complexity index is 1010. The van der Waals surface area contributed by atoms with Crippen molar-refractivity contribution in [2.45, 2.75) is 30.7 Å². The summed E-state index contributed by atoms with van der Waals surface area (Å²) in [7, 11) is -1.86. The van der Waals surface area contributed by atoms with Gasteiger partial charge in [0.2, 0.25) is 0 Å². The van der Waals surface area contributed by atoms with Crippen molar-refractivity contribution in [3.05, 3.63) is 72.4 Å². The molecule has 0 fully saturated rings. The molecule has 1 aliphatic heterocycles. The second-order valence-electron chi connectivity index (χ2n) is 6.93. The Morgan fingerprint density at radius 1 is 1.19 bits per heavy atom. The van der Waals surface area contributed by atoms with E-state index < -0.39 is 10.0 Å². The smallest absolute Gasteiger partial charge is 0.259 e. The summed E-state index contributed by atoms with van der Waals surface area (Å²) in [5, 5.41) is 0.0528. The summed E-state index contributed by atoms with van der Waals surface area (Å²) >= 11 is 0. The van der Waals surface area contributed by atoms with Crippen LogP contribution < -0.4 is 4.72 Å². The third-order valence-corrected chi connectivity index (χ3v) is 6.21. The van der Waals surface area contributed by atoms with Crippen molar-refractivity contribution in [3.8, 4) is 0 Å². The Hall–Kier alpha value is -2.42. The highest BCUT2D eigenvalue weighted by atomic mass is 32.2. The molecule has 0 bridgehead atoms. The summed E-state index contributed by atoms with van der Waals surface area (Å²) in [6, 6.07) is 14.5. The van der Waals surface area contributed by atoms with Gasteiger partial charge >= 0.3 is 0 Å². The number of nitrogens with one attached hydrogen (secondary N) is 1. The number of aromatic nitrogens is 3. The van der Waals surface area contributed by atoms with Gasteiger partial charge in [-0.2, -0.15) is 0 Å². The monoisotopic (exact) mass is 385 g/mol. The highest BCUT2D eigenvalue weighted by Crippen LogP contribution is 2.21. The van der Waals surface area contributed by atoms with Gasteiger partial charge in [-0.25, -0.2) is 18.1 Å². The molecule has 0 saturated carbocycles. The maximum atomic E-state index is 12.5. The Kier molecular flexibility index (Phi) is 4.86. The van der Waals surface area contributed by atoms with E-state index in [4.69, 9.17) is 0 Å². The van der Waals surface area contributed by atoms with Gasteiger partial charge in [0.05, 0.1) is 6.33 Å². The normalized spacial score (nSPS) is 17.7. The maximum absolute atomic E-state index is 12.5. The van der Waals surface area contributed by atoms with Crippen molar-refractivity contribution >= 4 is 10.0 Å². The maximum Gasteiger partial charge on any atom is 0.259 e. The van der Waals surface area contributed by atoms with Gasteiger partial charge in [-0.05, 0) is 17.7 Å². The first-order valence-corrected chi connectivity index (χ1v) is 10.4. The van der Waals surface area contributed by atoms with Gasteiger partial charge in [-0.15, -0.1) is 0 Å². The van der Waals surface area contributed by atoms with Crippen LogP contribution in [0.1, 0.15) is 11.3 Å². The van der Waals surface area contributed by atoms with Gasteiger partial charge in [-0.1, -0.05) is 30.3 Å². The highest BCUT2D eigenvalue weighted by molar-refractivity contribution is 7.89. The number of imidazole rings is 1. The van der Waals surface area contributed by atoms with E-state index in [0.717, 1.165) is 19.6 Å². The fourth-order valence-corrected chi connectivity index (χ4v) is 4.51. The molecule has 8 heteroatoms. The summed E-state index contributed by atoms with van der Waals surface area (Å²) in [6.07, 6.45) is 5.05. The number of nitrogens with zero attached hydrogens (tertiary/aromatic N) is 4. The minimum absolute atomic E-state index is 0.0528. The number of hydrogen-bond donors (Lipinski definition) is 1. The fraction of sp³-hybridized carbons (Fsp3) is 0.316. The van der Waals surface area contributed by atoms with Crippen molar-refractivity contribution < 1.29 is 8.42 Å². The van der Waals surface area contributed by atoms with E-state index >= 15 is 0 Å². The minimum Gasteiger partial charge on any atom is -0.349 e. The molecule has 3 heterocycles. The van der Waals surface area contributed by atoms with Crippen LogP contribution >= 0.6 is 0 Å². The molecule has 27 heavy (non-hydrogen) atoms. The van der Waals surface area contributed by atoms with E-state index in [1.54, 1.807) is 11.6 Å². The second-order valence-corrected chi connectivity index (χ2v) is 8.64. The third kappa shape index (κ3) is 3.97. The molecule has 4 rings (SSSR count). The Morgan fingerprint density at radius 3 is 2.74 bits per heavy atom. The minimum atomic E-state index is -3.62. The molecular formula is C19H23N5O2S. The lowest BCUT2D eigenvalue weighted by molar-refractivity contribution is 0.133. The second kappa shape index (κ2) is 7.30. The van der Waals surface area contributed by atoms with Crippen LogP contribution in [0.25, 0.3) is 0 Å². The van der Waals surface area contributed by atoms with E-state index in [1.165, 1.54) is 23.8 Å². The number of rotatable bonds is 6. The fourth-order valence-electron chi connectivity index (χ4n) is 3.45. The molecule has 0 saturated heterocycles. The number of hydrogen-bond acceptors (Lipinski definition) is 4. The lowest BCUT2D eigenvalue weighted by Crippen LogP contribution is -2.48. The molecule has 0 amide bonds. The zero-order valence-corrected chi connectivity index (χ0v) is 16.0. The number of benzene rings is 1. The van der Waals surface area contributed by atoms with Crippen molar-refractivity contribution in [2.75, 3.05) is 6.54 Å². The van der Waals surface area contributed by atoms with E-state index in [2.05, 4.69) is 43.6 Å². The van der Waals surface area contributed by atoms with Gasteiger partial charge in [0.1, 0.15) is 0 Å². The van der Waals surface area contributed by atoms with Gasteiger partial charge in [0.25, 0.3) is 10.0 Å². The van der Waals surface area contributed by atoms with Crippen LogP contribution in [0.5, 0.6) is 0 Å². The van der Waals surface area contributed by atoms with Crippen LogP contribution in [-0.2, 0) is 36.7 Å². The van der Waals surface area contributed by atoms with Crippen LogP contribution in [-0.4, -0.2) is 40.0 Å². The van der Waals surface area contributed by atoms with Crippen LogP contribution in [0, 0.1) is 0 Å². The molecule has 1 aromatic carbocycles. The van der Waals surface area contributed by atoms with Crippen LogP contribution in [0.3, 0.4) is 0 Å². The molecule has 3 aromatic rings. The quantitative estimate of drug-likeness (QED) is 0.699. The standard InChI is InChI=1S/C19H23N5O2S/c1-22-14-19(20-15-22)27(25,26)21-10-18-13-23-9-5-8-17(23)12-24(18)11-16-6-3-2-4-7-16/h2-9,14-15,18,21H,10-13H2,1H3. The van der Waals surface area contributed by atoms with Crippen LogP contribution in [0.2, 0.25) is 0 Å².